The average Bonchev–Trinajstić information content (AvgIpc) is 2.95. The molecule has 2 aliphatic rings. The number of fused-ring (bicyclic) bond motifs is 1. The van der Waals surface area contributed by atoms with Crippen molar-refractivity contribution in [3.63, 3.8) is 0 Å². The van der Waals surface area contributed by atoms with Gasteiger partial charge in [-0.05, 0) is 49.3 Å². The highest BCUT2D eigenvalue weighted by atomic mass is 32.2. The predicted octanol–water partition coefficient (Wildman–Crippen LogP) is 1.54. The second-order valence-corrected chi connectivity index (χ2v) is 6.62. The fourth-order valence-corrected chi connectivity index (χ4v) is 3.42. The standard InChI is InChI=1S/C12H16N2O2S/c13-17(15,16)10-3-1-2-9(7-10)14-12-5-4-8-6-11(8)12/h1-3,7-8,11-12,14H,4-6H2,(H2,13,15,16). The van der Waals surface area contributed by atoms with E-state index in [1.807, 2.05) is 6.07 Å². The van der Waals surface area contributed by atoms with Gasteiger partial charge in [0, 0.05) is 11.7 Å². The van der Waals surface area contributed by atoms with Crippen LogP contribution in [0.1, 0.15) is 19.3 Å². The highest BCUT2D eigenvalue weighted by molar-refractivity contribution is 7.89. The first-order chi connectivity index (χ1) is 8.04. The van der Waals surface area contributed by atoms with E-state index in [9.17, 15) is 8.42 Å². The summed E-state index contributed by atoms with van der Waals surface area (Å²) in [6.07, 6.45) is 3.82. The lowest BCUT2D eigenvalue weighted by atomic mass is 10.1. The van der Waals surface area contributed by atoms with Gasteiger partial charge in [0.1, 0.15) is 0 Å². The molecule has 2 saturated carbocycles. The van der Waals surface area contributed by atoms with Crippen LogP contribution in [-0.4, -0.2) is 14.5 Å². The fourth-order valence-electron chi connectivity index (χ4n) is 2.86. The third-order valence-corrected chi connectivity index (χ3v) is 4.77. The van der Waals surface area contributed by atoms with Gasteiger partial charge in [0.05, 0.1) is 4.90 Å². The molecule has 0 aliphatic heterocycles. The largest absolute Gasteiger partial charge is 0.382 e. The molecule has 3 N–H and O–H groups in total. The van der Waals surface area contributed by atoms with Gasteiger partial charge >= 0.3 is 0 Å². The van der Waals surface area contributed by atoms with Crippen LogP contribution in [0.25, 0.3) is 0 Å². The van der Waals surface area contributed by atoms with E-state index in [-0.39, 0.29) is 4.90 Å². The lowest BCUT2D eigenvalue weighted by Crippen LogP contribution is -2.19. The third kappa shape index (κ3) is 2.17. The number of hydrogen-bond donors (Lipinski definition) is 2. The molecule has 1 aromatic rings. The number of hydrogen-bond acceptors (Lipinski definition) is 3. The van der Waals surface area contributed by atoms with Gasteiger partial charge in [-0.3, -0.25) is 0 Å². The molecular weight excluding hydrogens is 236 g/mol. The zero-order valence-electron chi connectivity index (χ0n) is 9.46. The van der Waals surface area contributed by atoms with E-state index in [4.69, 9.17) is 5.14 Å². The summed E-state index contributed by atoms with van der Waals surface area (Å²) in [4.78, 5) is 0.174. The topological polar surface area (TPSA) is 72.2 Å². The molecule has 17 heavy (non-hydrogen) atoms. The number of sulfonamides is 1. The minimum absolute atomic E-state index is 0.174. The van der Waals surface area contributed by atoms with E-state index in [0.717, 1.165) is 17.5 Å². The van der Waals surface area contributed by atoms with Gasteiger partial charge in [-0.2, -0.15) is 0 Å². The van der Waals surface area contributed by atoms with Gasteiger partial charge in [-0.25, -0.2) is 13.6 Å². The van der Waals surface area contributed by atoms with Crippen molar-refractivity contribution in [2.45, 2.75) is 30.2 Å². The van der Waals surface area contributed by atoms with E-state index in [0.29, 0.717) is 6.04 Å². The Hall–Kier alpha value is -1.07. The maximum atomic E-state index is 11.2. The molecule has 0 aromatic heterocycles. The summed E-state index contributed by atoms with van der Waals surface area (Å²) >= 11 is 0. The number of nitrogens with one attached hydrogen (secondary N) is 1. The van der Waals surface area contributed by atoms with Crippen LogP contribution in [0.3, 0.4) is 0 Å². The van der Waals surface area contributed by atoms with E-state index >= 15 is 0 Å². The van der Waals surface area contributed by atoms with Crippen molar-refractivity contribution >= 4 is 15.7 Å². The van der Waals surface area contributed by atoms with Crippen molar-refractivity contribution in [1.29, 1.82) is 0 Å². The summed E-state index contributed by atoms with van der Waals surface area (Å²) in [5.41, 5.74) is 0.856. The van der Waals surface area contributed by atoms with Gasteiger partial charge in [0.25, 0.3) is 0 Å². The Balaban J connectivity index is 1.79. The van der Waals surface area contributed by atoms with Crippen LogP contribution < -0.4 is 10.5 Å². The van der Waals surface area contributed by atoms with E-state index in [1.165, 1.54) is 25.3 Å². The first-order valence-electron chi connectivity index (χ1n) is 5.93. The molecular formula is C12H16N2O2S. The van der Waals surface area contributed by atoms with Crippen molar-refractivity contribution in [3.05, 3.63) is 24.3 Å². The Morgan fingerprint density at radius 1 is 1.29 bits per heavy atom. The van der Waals surface area contributed by atoms with Crippen molar-refractivity contribution in [1.82, 2.24) is 0 Å². The number of nitrogens with two attached hydrogens (primary N) is 1. The molecule has 0 heterocycles. The Morgan fingerprint density at radius 2 is 2.12 bits per heavy atom. The molecule has 0 spiro atoms. The third-order valence-electron chi connectivity index (χ3n) is 3.86. The number of rotatable bonds is 3. The van der Waals surface area contributed by atoms with Crippen LogP contribution in [0.4, 0.5) is 5.69 Å². The van der Waals surface area contributed by atoms with Crippen LogP contribution in [-0.2, 0) is 10.0 Å². The zero-order chi connectivity index (χ0) is 12.0. The van der Waals surface area contributed by atoms with E-state index in [2.05, 4.69) is 5.32 Å². The van der Waals surface area contributed by atoms with Crippen LogP contribution >= 0.6 is 0 Å². The molecule has 3 atom stereocenters. The summed E-state index contributed by atoms with van der Waals surface area (Å²) < 4.78 is 22.5. The van der Waals surface area contributed by atoms with Gasteiger partial charge in [0.15, 0.2) is 0 Å². The molecule has 0 radical (unpaired) electrons. The molecule has 1 aromatic carbocycles. The maximum absolute atomic E-state index is 11.2. The summed E-state index contributed by atoms with van der Waals surface area (Å²) in [6.45, 7) is 0. The lowest BCUT2D eigenvalue weighted by molar-refractivity contribution is 0.597. The molecule has 5 heteroatoms. The smallest absolute Gasteiger partial charge is 0.238 e. The second kappa shape index (κ2) is 3.71. The second-order valence-electron chi connectivity index (χ2n) is 5.06. The van der Waals surface area contributed by atoms with Gasteiger partial charge in [0.2, 0.25) is 10.0 Å². The van der Waals surface area contributed by atoms with Crippen LogP contribution in [0.2, 0.25) is 0 Å². The molecule has 92 valence electrons. The van der Waals surface area contributed by atoms with Crippen LogP contribution in [0.5, 0.6) is 0 Å². The van der Waals surface area contributed by atoms with Crippen molar-refractivity contribution < 1.29 is 8.42 Å². The molecule has 2 fully saturated rings. The minimum Gasteiger partial charge on any atom is -0.382 e. The normalized spacial score (nSPS) is 31.0. The molecule has 3 rings (SSSR count). The number of benzene rings is 1. The minimum atomic E-state index is -3.60. The molecule has 0 saturated heterocycles. The molecule has 0 bridgehead atoms. The van der Waals surface area contributed by atoms with E-state index < -0.39 is 10.0 Å². The Kier molecular flexibility index (Phi) is 2.41. The monoisotopic (exact) mass is 252 g/mol. The van der Waals surface area contributed by atoms with Crippen LogP contribution in [0.15, 0.2) is 29.2 Å². The van der Waals surface area contributed by atoms with Gasteiger partial charge in [-0.1, -0.05) is 6.07 Å². The Labute approximate surface area is 101 Å². The highest BCUT2D eigenvalue weighted by Crippen LogP contribution is 2.52. The van der Waals surface area contributed by atoms with Crippen molar-refractivity contribution in [2.75, 3.05) is 5.32 Å². The van der Waals surface area contributed by atoms with E-state index in [1.54, 1.807) is 12.1 Å². The number of primary sulfonamides is 1. The summed E-state index contributed by atoms with van der Waals surface area (Å²) in [6, 6.07) is 7.27. The molecule has 4 nitrogen and oxygen atoms in total. The highest BCUT2D eigenvalue weighted by Gasteiger charge is 2.47. The fraction of sp³-hybridized carbons (Fsp3) is 0.500. The van der Waals surface area contributed by atoms with Gasteiger partial charge in [-0.15, -0.1) is 0 Å². The van der Waals surface area contributed by atoms with Crippen LogP contribution in [0, 0.1) is 11.8 Å². The molecule has 0 amide bonds. The zero-order valence-corrected chi connectivity index (χ0v) is 10.3. The Morgan fingerprint density at radius 3 is 2.71 bits per heavy atom. The van der Waals surface area contributed by atoms with Crippen molar-refractivity contribution in [3.8, 4) is 0 Å². The first kappa shape index (κ1) is 11.0. The summed E-state index contributed by atoms with van der Waals surface area (Å²) in [5.74, 6) is 1.71. The number of anilines is 1. The maximum Gasteiger partial charge on any atom is 0.238 e. The Bertz CT molecular complexity index is 541. The summed E-state index contributed by atoms with van der Waals surface area (Å²) in [7, 11) is -3.60. The molecule has 3 unspecified atom stereocenters. The van der Waals surface area contributed by atoms with Gasteiger partial charge < -0.3 is 5.32 Å². The summed E-state index contributed by atoms with van der Waals surface area (Å²) in [5, 5.41) is 8.54. The quantitative estimate of drug-likeness (QED) is 0.857. The van der Waals surface area contributed by atoms with Crippen molar-refractivity contribution in [2.24, 2.45) is 17.0 Å². The average molecular weight is 252 g/mol. The predicted molar refractivity (Wildman–Crippen MR) is 66.1 cm³/mol. The first-order valence-corrected chi connectivity index (χ1v) is 7.48. The SMILES string of the molecule is NS(=O)(=O)c1cccc(NC2CCC3CC32)c1. The molecule has 2 aliphatic carbocycles. The lowest BCUT2D eigenvalue weighted by Gasteiger charge is -2.16.